The lowest BCUT2D eigenvalue weighted by atomic mass is 10.2. The number of rotatable bonds is 10. The van der Waals surface area contributed by atoms with Crippen LogP contribution in [0.4, 0.5) is 5.69 Å². The first-order chi connectivity index (χ1) is 10.5. The van der Waals surface area contributed by atoms with Crippen LogP contribution in [0.25, 0.3) is 0 Å². The van der Waals surface area contributed by atoms with Gasteiger partial charge in [-0.15, -0.1) is 0 Å². The van der Waals surface area contributed by atoms with Crippen LogP contribution >= 0.6 is 0 Å². The Bertz CT molecular complexity index is 475. The Balaban J connectivity index is 2.39. The highest BCUT2D eigenvalue weighted by Crippen LogP contribution is 2.08. The molecule has 1 aromatic carbocycles. The summed E-state index contributed by atoms with van der Waals surface area (Å²) in [5.74, 6) is -1.67. The number of nitrogens with two attached hydrogens (primary N) is 1. The maximum absolute atomic E-state index is 11.9. The molecule has 0 aliphatic rings. The fourth-order valence-corrected chi connectivity index (χ4v) is 1.83. The second-order valence-corrected chi connectivity index (χ2v) is 4.90. The maximum Gasteiger partial charge on any atom is 0.230 e. The third kappa shape index (κ3) is 7.16. The topological polar surface area (TPSA) is 115 Å². The van der Waals surface area contributed by atoms with E-state index in [4.69, 9.17) is 9.84 Å². The van der Waals surface area contributed by atoms with E-state index in [9.17, 15) is 14.7 Å². The molecule has 0 radical (unpaired) electrons. The monoisotopic (exact) mass is 310 g/mol. The number of hydrogen-bond donors (Lipinski definition) is 3. The number of quaternary nitrogens is 1. The molecule has 1 atom stereocenters. The van der Waals surface area contributed by atoms with Crippen LogP contribution in [0.5, 0.6) is 0 Å². The number of anilines is 1. The standard InChI is InChI=1S/C15H22N2O5/c1-11-2-4-12(5-3-11)17-14(19)10-13(15(20)21)16-6-8-22-9-7-18/h2-5,13,16,18H,6-10H2,1H3,(H,17,19)(H,20,21)/t13-/m1/s1. The molecule has 0 unspecified atom stereocenters. The molecule has 0 bridgehead atoms. The first-order valence-corrected chi connectivity index (χ1v) is 7.12. The molecule has 0 spiro atoms. The van der Waals surface area contributed by atoms with Crippen molar-refractivity contribution in [1.82, 2.24) is 0 Å². The van der Waals surface area contributed by atoms with E-state index in [1.165, 1.54) is 5.32 Å². The van der Waals surface area contributed by atoms with Gasteiger partial charge in [0, 0.05) is 5.69 Å². The molecule has 0 heterocycles. The highest BCUT2D eigenvalue weighted by Gasteiger charge is 2.18. The summed E-state index contributed by atoms with van der Waals surface area (Å²) < 4.78 is 5.03. The van der Waals surface area contributed by atoms with Crippen LogP contribution in [0.15, 0.2) is 24.3 Å². The molecular weight excluding hydrogens is 288 g/mol. The van der Waals surface area contributed by atoms with E-state index in [0.717, 1.165) is 5.56 Å². The van der Waals surface area contributed by atoms with Crippen LogP contribution < -0.4 is 15.7 Å². The van der Waals surface area contributed by atoms with Crippen LogP contribution in [0, 0.1) is 6.92 Å². The van der Waals surface area contributed by atoms with Gasteiger partial charge in [-0.25, -0.2) is 0 Å². The fraction of sp³-hybridized carbons (Fsp3) is 0.467. The zero-order valence-corrected chi connectivity index (χ0v) is 12.6. The summed E-state index contributed by atoms with van der Waals surface area (Å²) in [5.41, 5.74) is 1.70. The van der Waals surface area contributed by atoms with Gasteiger partial charge in [-0.3, -0.25) is 4.79 Å². The molecule has 122 valence electrons. The summed E-state index contributed by atoms with van der Waals surface area (Å²) in [6.07, 6.45) is -0.184. The molecule has 0 saturated carbocycles. The van der Waals surface area contributed by atoms with Crippen molar-refractivity contribution in [1.29, 1.82) is 0 Å². The van der Waals surface area contributed by atoms with E-state index in [1.807, 2.05) is 19.1 Å². The third-order valence-electron chi connectivity index (χ3n) is 2.99. The number of nitrogens with one attached hydrogen (secondary N) is 1. The SMILES string of the molecule is Cc1ccc(NC(=O)C[C@@H]([NH2+]CCOCCO)C(=O)[O-])cc1. The molecule has 7 heteroatoms. The summed E-state index contributed by atoms with van der Waals surface area (Å²) in [6, 6.07) is 6.26. The molecular formula is C15H22N2O5. The zero-order chi connectivity index (χ0) is 16.4. The lowest BCUT2D eigenvalue weighted by Crippen LogP contribution is -2.94. The number of aliphatic hydroxyl groups is 1. The smallest absolute Gasteiger partial charge is 0.230 e. The summed E-state index contributed by atoms with van der Waals surface area (Å²) >= 11 is 0. The van der Waals surface area contributed by atoms with Crippen molar-refractivity contribution in [3.8, 4) is 0 Å². The Morgan fingerprint density at radius 1 is 1.32 bits per heavy atom. The van der Waals surface area contributed by atoms with Crippen molar-refractivity contribution in [2.24, 2.45) is 0 Å². The number of amides is 1. The molecule has 1 rings (SSSR count). The quantitative estimate of drug-likeness (QED) is 0.433. The molecule has 0 aromatic heterocycles. The summed E-state index contributed by atoms with van der Waals surface area (Å²) in [7, 11) is 0. The van der Waals surface area contributed by atoms with Crippen LogP contribution in [0.1, 0.15) is 12.0 Å². The number of carbonyl (C=O) groups is 2. The third-order valence-corrected chi connectivity index (χ3v) is 2.99. The van der Waals surface area contributed by atoms with E-state index < -0.39 is 12.0 Å². The summed E-state index contributed by atoms with van der Waals surface area (Å²) in [6.45, 7) is 2.73. The molecule has 0 fully saturated rings. The predicted octanol–water partition coefficient (Wildman–Crippen LogP) is -1.99. The number of carboxylic acid groups (broad SMARTS) is 1. The van der Waals surface area contributed by atoms with E-state index in [2.05, 4.69) is 5.32 Å². The van der Waals surface area contributed by atoms with E-state index in [-0.39, 0.29) is 25.5 Å². The minimum absolute atomic E-state index is 0.0805. The van der Waals surface area contributed by atoms with Crippen molar-refractivity contribution in [2.75, 3.05) is 31.7 Å². The van der Waals surface area contributed by atoms with Crippen molar-refractivity contribution >= 4 is 17.6 Å². The maximum atomic E-state index is 11.9. The van der Waals surface area contributed by atoms with Gasteiger partial charge in [-0.05, 0) is 19.1 Å². The molecule has 7 nitrogen and oxygen atoms in total. The second-order valence-electron chi connectivity index (χ2n) is 4.90. The van der Waals surface area contributed by atoms with Gasteiger partial charge in [0.15, 0.2) is 0 Å². The Morgan fingerprint density at radius 2 is 2.00 bits per heavy atom. The number of benzene rings is 1. The van der Waals surface area contributed by atoms with Gasteiger partial charge >= 0.3 is 0 Å². The second kappa shape index (κ2) is 9.88. The van der Waals surface area contributed by atoms with Gasteiger partial charge in [0.2, 0.25) is 5.91 Å². The van der Waals surface area contributed by atoms with Gasteiger partial charge in [-0.2, -0.15) is 0 Å². The summed E-state index contributed by atoms with van der Waals surface area (Å²) in [4.78, 5) is 22.9. The van der Waals surface area contributed by atoms with E-state index >= 15 is 0 Å². The van der Waals surface area contributed by atoms with E-state index in [0.29, 0.717) is 18.8 Å². The Kier molecular flexibility index (Phi) is 8.13. The molecule has 1 amide bonds. The average Bonchev–Trinajstić information content (AvgIpc) is 2.48. The number of aliphatic carboxylic acids is 1. The van der Waals surface area contributed by atoms with Crippen LogP contribution in [-0.4, -0.2) is 49.4 Å². The van der Waals surface area contributed by atoms with Crippen molar-refractivity contribution in [2.45, 2.75) is 19.4 Å². The first-order valence-electron chi connectivity index (χ1n) is 7.12. The minimum Gasteiger partial charge on any atom is -0.544 e. The van der Waals surface area contributed by atoms with Crippen LogP contribution in [-0.2, 0) is 14.3 Å². The highest BCUT2D eigenvalue weighted by molar-refractivity contribution is 5.93. The molecule has 0 saturated heterocycles. The van der Waals surface area contributed by atoms with Crippen molar-refractivity contribution in [3.05, 3.63) is 29.8 Å². The summed E-state index contributed by atoms with van der Waals surface area (Å²) in [5, 5.41) is 23.7. The fourth-order valence-electron chi connectivity index (χ4n) is 1.83. The van der Waals surface area contributed by atoms with Crippen LogP contribution in [0.2, 0.25) is 0 Å². The molecule has 0 aliphatic heterocycles. The number of aliphatic hydroxyl groups excluding tert-OH is 1. The Hall–Kier alpha value is -1.96. The Labute approximate surface area is 129 Å². The van der Waals surface area contributed by atoms with Crippen LogP contribution in [0.3, 0.4) is 0 Å². The normalized spacial score (nSPS) is 11.9. The molecule has 4 N–H and O–H groups in total. The Morgan fingerprint density at radius 3 is 2.59 bits per heavy atom. The zero-order valence-electron chi connectivity index (χ0n) is 12.6. The lowest BCUT2D eigenvalue weighted by molar-refractivity contribution is -0.683. The first kappa shape index (κ1) is 18.1. The number of ether oxygens (including phenoxy) is 1. The van der Waals surface area contributed by atoms with Gasteiger partial charge in [0.1, 0.15) is 6.04 Å². The minimum atomic E-state index is -1.29. The van der Waals surface area contributed by atoms with Gasteiger partial charge < -0.3 is 30.4 Å². The number of hydrogen-bond acceptors (Lipinski definition) is 5. The van der Waals surface area contributed by atoms with Crippen molar-refractivity contribution < 1.29 is 29.9 Å². The highest BCUT2D eigenvalue weighted by atomic mass is 16.5. The van der Waals surface area contributed by atoms with Gasteiger partial charge in [0.05, 0.1) is 38.8 Å². The lowest BCUT2D eigenvalue weighted by Gasteiger charge is -2.16. The predicted molar refractivity (Wildman–Crippen MR) is 77.9 cm³/mol. The average molecular weight is 310 g/mol. The molecule has 0 aliphatic carbocycles. The van der Waals surface area contributed by atoms with E-state index in [1.54, 1.807) is 12.1 Å². The number of carboxylic acids is 1. The molecule has 1 aromatic rings. The largest absolute Gasteiger partial charge is 0.544 e. The molecule has 22 heavy (non-hydrogen) atoms. The number of aryl methyl sites for hydroxylation is 1. The van der Waals surface area contributed by atoms with Gasteiger partial charge in [0.25, 0.3) is 0 Å². The van der Waals surface area contributed by atoms with Gasteiger partial charge in [-0.1, -0.05) is 17.7 Å². The van der Waals surface area contributed by atoms with Crippen molar-refractivity contribution in [3.63, 3.8) is 0 Å². The number of carbonyl (C=O) groups excluding carboxylic acids is 2.